The van der Waals surface area contributed by atoms with Crippen molar-refractivity contribution in [2.75, 3.05) is 13.2 Å². The zero-order valence-electron chi connectivity index (χ0n) is 14.7. The van der Waals surface area contributed by atoms with E-state index in [0.717, 1.165) is 29.4 Å². The van der Waals surface area contributed by atoms with E-state index in [2.05, 4.69) is 21.7 Å². The van der Waals surface area contributed by atoms with Gasteiger partial charge in [0.2, 0.25) is 0 Å². The minimum absolute atomic E-state index is 0.550. The maximum Gasteiger partial charge on any atom is 0.191 e. The number of hydrogen-bond donors (Lipinski definition) is 2. The lowest BCUT2D eigenvalue weighted by molar-refractivity contribution is 0.336. The minimum Gasteiger partial charge on any atom is -0.494 e. The van der Waals surface area contributed by atoms with E-state index >= 15 is 0 Å². The first-order valence-electron chi connectivity index (χ1n) is 8.48. The van der Waals surface area contributed by atoms with Gasteiger partial charge in [-0.15, -0.1) is 0 Å². The quantitative estimate of drug-likeness (QED) is 0.602. The lowest BCUT2D eigenvalue weighted by Crippen LogP contribution is -2.36. The van der Waals surface area contributed by atoms with Crippen molar-refractivity contribution in [3.05, 3.63) is 65.2 Å². The molecule has 0 radical (unpaired) electrons. The molecule has 0 atom stereocenters. The van der Waals surface area contributed by atoms with Crippen molar-refractivity contribution in [3.8, 4) is 11.8 Å². The van der Waals surface area contributed by atoms with Crippen LogP contribution in [0.5, 0.6) is 5.75 Å². The van der Waals surface area contributed by atoms with E-state index in [0.29, 0.717) is 25.3 Å². The van der Waals surface area contributed by atoms with Crippen LogP contribution in [-0.2, 0) is 13.1 Å². The van der Waals surface area contributed by atoms with E-state index in [1.165, 1.54) is 0 Å². The molecule has 5 nitrogen and oxygen atoms in total. The normalized spacial score (nSPS) is 10.8. The largest absolute Gasteiger partial charge is 0.494 e. The van der Waals surface area contributed by atoms with Gasteiger partial charge in [-0.25, -0.2) is 4.99 Å². The molecule has 0 heterocycles. The lowest BCUT2D eigenvalue weighted by Gasteiger charge is -2.14. The summed E-state index contributed by atoms with van der Waals surface area (Å²) in [4.78, 5) is 4.60. The smallest absolute Gasteiger partial charge is 0.191 e. The number of aliphatic imine (C=N–C) groups is 1. The molecule has 0 saturated carbocycles. The lowest BCUT2D eigenvalue weighted by atomic mass is 10.1. The molecule has 5 heteroatoms. The van der Waals surface area contributed by atoms with E-state index < -0.39 is 0 Å². The van der Waals surface area contributed by atoms with Gasteiger partial charge in [0.05, 0.1) is 24.8 Å². The number of nitrogens with one attached hydrogen (secondary N) is 2. The molecule has 0 amide bonds. The Hall–Kier alpha value is -3.00. The van der Waals surface area contributed by atoms with E-state index in [-0.39, 0.29) is 0 Å². The van der Waals surface area contributed by atoms with Crippen molar-refractivity contribution >= 4 is 5.96 Å². The number of hydrogen-bond acceptors (Lipinski definition) is 3. The average molecular weight is 336 g/mol. The standard InChI is InChI=1S/C20H24N4O/c1-3-22-20(23-14-17-11-9-16(13-21)10-12-17)24-15-18-7-5-6-8-19(18)25-4-2/h5-12H,3-4,14-15H2,1-2H3,(H2,22,23,24). The molecule has 130 valence electrons. The summed E-state index contributed by atoms with van der Waals surface area (Å²) < 4.78 is 5.65. The predicted molar refractivity (Wildman–Crippen MR) is 100 cm³/mol. The molecule has 0 spiro atoms. The van der Waals surface area contributed by atoms with Crippen LogP contribution in [0, 0.1) is 11.3 Å². The topological polar surface area (TPSA) is 69.4 Å². The molecule has 0 aromatic heterocycles. The number of benzene rings is 2. The number of guanidine groups is 1. The van der Waals surface area contributed by atoms with Crippen LogP contribution in [0.25, 0.3) is 0 Å². The number of rotatable bonds is 7. The van der Waals surface area contributed by atoms with Crippen molar-refractivity contribution in [1.29, 1.82) is 5.26 Å². The van der Waals surface area contributed by atoms with Crippen LogP contribution < -0.4 is 15.4 Å². The van der Waals surface area contributed by atoms with Gasteiger partial charge in [-0.1, -0.05) is 30.3 Å². The summed E-state index contributed by atoms with van der Waals surface area (Å²) in [6.45, 7) is 6.63. The average Bonchev–Trinajstić information content (AvgIpc) is 2.65. The van der Waals surface area contributed by atoms with Crippen LogP contribution in [0.15, 0.2) is 53.5 Å². The Balaban J connectivity index is 2.01. The van der Waals surface area contributed by atoms with Crippen molar-refractivity contribution in [2.24, 2.45) is 4.99 Å². The molecule has 0 saturated heterocycles. The van der Waals surface area contributed by atoms with Gasteiger partial charge in [0.1, 0.15) is 5.75 Å². The number of para-hydroxylation sites is 1. The van der Waals surface area contributed by atoms with Crippen LogP contribution in [-0.4, -0.2) is 19.1 Å². The molecule has 0 aliphatic rings. The van der Waals surface area contributed by atoms with Gasteiger partial charge in [0, 0.05) is 18.7 Å². The Bertz CT molecular complexity index is 732. The van der Waals surface area contributed by atoms with Gasteiger partial charge in [0.15, 0.2) is 5.96 Å². The molecule has 0 unspecified atom stereocenters. The fraction of sp³-hybridized carbons (Fsp3) is 0.300. The Morgan fingerprint density at radius 2 is 1.84 bits per heavy atom. The molecular weight excluding hydrogens is 312 g/mol. The highest BCUT2D eigenvalue weighted by molar-refractivity contribution is 5.79. The van der Waals surface area contributed by atoms with Crippen LogP contribution in [0.4, 0.5) is 0 Å². The summed E-state index contributed by atoms with van der Waals surface area (Å²) in [6.07, 6.45) is 0. The Morgan fingerprint density at radius 1 is 1.08 bits per heavy atom. The first kappa shape index (κ1) is 18.3. The molecule has 25 heavy (non-hydrogen) atoms. The van der Waals surface area contributed by atoms with E-state index in [9.17, 15) is 0 Å². The zero-order chi connectivity index (χ0) is 17.9. The predicted octanol–water partition coefficient (Wildman–Crippen LogP) is 3.21. The monoisotopic (exact) mass is 336 g/mol. The minimum atomic E-state index is 0.550. The van der Waals surface area contributed by atoms with E-state index in [1.807, 2.05) is 62.4 Å². The zero-order valence-corrected chi connectivity index (χ0v) is 14.7. The second-order valence-electron chi connectivity index (χ2n) is 5.40. The third-order valence-electron chi connectivity index (χ3n) is 3.57. The summed E-state index contributed by atoms with van der Waals surface area (Å²) >= 11 is 0. The van der Waals surface area contributed by atoms with Crippen LogP contribution >= 0.6 is 0 Å². The third kappa shape index (κ3) is 5.85. The number of nitrogens with zero attached hydrogens (tertiary/aromatic N) is 2. The number of nitriles is 1. The van der Waals surface area contributed by atoms with Gasteiger partial charge >= 0.3 is 0 Å². The first-order chi connectivity index (χ1) is 12.3. The molecular formula is C20H24N4O. The van der Waals surface area contributed by atoms with Crippen molar-refractivity contribution in [3.63, 3.8) is 0 Å². The van der Waals surface area contributed by atoms with Crippen molar-refractivity contribution < 1.29 is 4.74 Å². The SMILES string of the molecule is CCNC(=NCc1ccc(C#N)cc1)NCc1ccccc1OCC. The summed E-state index contributed by atoms with van der Waals surface area (Å²) in [7, 11) is 0. The fourth-order valence-electron chi connectivity index (χ4n) is 2.32. The van der Waals surface area contributed by atoms with Crippen LogP contribution in [0.3, 0.4) is 0 Å². The number of ether oxygens (including phenoxy) is 1. The van der Waals surface area contributed by atoms with Gasteiger partial charge in [0.25, 0.3) is 0 Å². The highest BCUT2D eigenvalue weighted by Crippen LogP contribution is 2.17. The molecule has 0 aliphatic carbocycles. The third-order valence-corrected chi connectivity index (χ3v) is 3.57. The summed E-state index contributed by atoms with van der Waals surface area (Å²) in [5.41, 5.74) is 2.81. The molecule has 0 aliphatic heterocycles. The van der Waals surface area contributed by atoms with Gasteiger partial charge in [-0.05, 0) is 37.6 Å². The van der Waals surface area contributed by atoms with E-state index in [1.54, 1.807) is 0 Å². The van der Waals surface area contributed by atoms with Crippen LogP contribution in [0.1, 0.15) is 30.5 Å². The van der Waals surface area contributed by atoms with Gasteiger partial charge in [-0.2, -0.15) is 5.26 Å². The van der Waals surface area contributed by atoms with Crippen molar-refractivity contribution in [1.82, 2.24) is 10.6 Å². The van der Waals surface area contributed by atoms with E-state index in [4.69, 9.17) is 10.00 Å². The Kier molecular flexibility index (Phi) is 7.33. The second-order valence-corrected chi connectivity index (χ2v) is 5.40. The fourth-order valence-corrected chi connectivity index (χ4v) is 2.32. The molecule has 0 bridgehead atoms. The van der Waals surface area contributed by atoms with Crippen LogP contribution in [0.2, 0.25) is 0 Å². The summed E-state index contributed by atoms with van der Waals surface area (Å²) in [5, 5.41) is 15.4. The maximum atomic E-state index is 8.85. The van der Waals surface area contributed by atoms with Gasteiger partial charge < -0.3 is 15.4 Å². The molecule has 2 N–H and O–H groups in total. The Morgan fingerprint density at radius 3 is 2.52 bits per heavy atom. The molecule has 2 aromatic carbocycles. The highest BCUT2D eigenvalue weighted by atomic mass is 16.5. The highest BCUT2D eigenvalue weighted by Gasteiger charge is 2.04. The summed E-state index contributed by atoms with van der Waals surface area (Å²) in [6, 6.07) is 17.6. The molecule has 2 rings (SSSR count). The second kappa shape index (κ2) is 9.99. The molecule has 2 aromatic rings. The van der Waals surface area contributed by atoms with Crippen molar-refractivity contribution in [2.45, 2.75) is 26.9 Å². The van der Waals surface area contributed by atoms with Gasteiger partial charge in [-0.3, -0.25) is 0 Å². The maximum absolute atomic E-state index is 8.85. The molecule has 0 fully saturated rings. The summed E-state index contributed by atoms with van der Waals surface area (Å²) in [5.74, 6) is 1.64. The first-order valence-corrected chi connectivity index (χ1v) is 8.48. The Labute approximate surface area is 149 Å².